The Bertz CT molecular complexity index is 660. The van der Waals surface area contributed by atoms with Gasteiger partial charge in [0.2, 0.25) is 0 Å². The second-order valence-electron chi connectivity index (χ2n) is 6.45. The van der Waals surface area contributed by atoms with E-state index in [-0.39, 0.29) is 0 Å². The molecule has 3 rings (SSSR count). The molecule has 1 saturated heterocycles. The molecule has 1 fully saturated rings. The highest BCUT2D eigenvalue weighted by Crippen LogP contribution is 2.42. The predicted octanol–water partition coefficient (Wildman–Crippen LogP) is 3.23. The maximum atomic E-state index is 6.03. The van der Waals surface area contributed by atoms with Crippen molar-refractivity contribution >= 4 is 0 Å². The fourth-order valence-electron chi connectivity index (χ4n) is 3.50. The normalized spacial score (nSPS) is 21.0. The number of likely N-dealkylation sites (tertiary alicyclic amines) is 1. The minimum atomic E-state index is 0.328. The molecule has 2 unspecified atom stereocenters. The van der Waals surface area contributed by atoms with Gasteiger partial charge in [0.1, 0.15) is 6.61 Å². The van der Waals surface area contributed by atoms with Gasteiger partial charge < -0.3 is 15.2 Å². The molecule has 1 aliphatic rings. The van der Waals surface area contributed by atoms with Gasteiger partial charge in [-0.3, -0.25) is 4.90 Å². The number of rotatable bonds is 6. The molecule has 0 aliphatic carbocycles. The maximum Gasteiger partial charge on any atom is 0.165 e. The van der Waals surface area contributed by atoms with E-state index in [1.54, 1.807) is 7.11 Å². The van der Waals surface area contributed by atoms with Crippen LogP contribution in [0.3, 0.4) is 0 Å². The Labute approximate surface area is 144 Å². The molecule has 2 aromatic rings. The van der Waals surface area contributed by atoms with Crippen LogP contribution in [0, 0.1) is 5.92 Å². The predicted molar refractivity (Wildman–Crippen MR) is 96.3 cm³/mol. The molecule has 0 bridgehead atoms. The third kappa shape index (κ3) is 3.55. The number of hydrogen-bond donors (Lipinski definition) is 1. The summed E-state index contributed by atoms with van der Waals surface area (Å²) in [6.07, 6.45) is 1.06. The largest absolute Gasteiger partial charge is 0.493 e. The zero-order valence-electron chi connectivity index (χ0n) is 14.4. The van der Waals surface area contributed by atoms with Crippen LogP contribution >= 0.6 is 0 Å². The van der Waals surface area contributed by atoms with Gasteiger partial charge in [-0.25, -0.2) is 0 Å². The number of benzene rings is 2. The van der Waals surface area contributed by atoms with E-state index >= 15 is 0 Å². The van der Waals surface area contributed by atoms with Gasteiger partial charge in [0.05, 0.1) is 7.11 Å². The Morgan fingerprint density at radius 3 is 2.58 bits per heavy atom. The Kier molecular flexibility index (Phi) is 5.38. The van der Waals surface area contributed by atoms with Gasteiger partial charge in [0.15, 0.2) is 11.5 Å². The Morgan fingerprint density at radius 1 is 1.12 bits per heavy atom. The molecule has 1 aliphatic heterocycles. The van der Waals surface area contributed by atoms with E-state index in [0.29, 0.717) is 18.6 Å². The summed E-state index contributed by atoms with van der Waals surface area (Å²) < 4.78 is 11.7. The van der Waals surface area contributed by atoms with Crippen molar-refractivity contribution < 1.29 is 9.47 Å². The molecule has 2 atom stereocenters. The number of para-hydroxylation sites is 1. The van der Waals surface area contributed by atoms with Crippen LogP contribution in [0.15, 0.2) is 48.5 Å². The Morgan fingerprint density at radius 2 is 1.92 bits per heavy atom. The van der Waals surface area contributed by atoms with Gasteiger partial charge in [0, 0.05) is 18.2 Å². The average molecular weight is 326 g/mol. The second kappa shape index (κ2) is 7.69. The molecule has 0 spiro atoms. The molecular weight excluding hydrogens is 300 g/mol. The van der Waals surface area contributed by atoms with E-state index in [2.05, 4.69) is 30.1 Å². The summed E-state index contributed by atoms with van der Waals surface area (Å²) in [5, 5.41) is 0. The molecule has 4 nitrogen and oxygen atoms in total. The van der Waals surface area contributed by atoms with Crippen LogP contribution in [0.2, 0.25) is 0 Å². The van der Waals surface area contributed by atoms with E-state index in [1.807, 2.05) is 30.3 Å². The van der Waals surface area contributed by atoms with Crippen molar-refractivity contribution in [2.24, 2.45) is 11.7 Å². The molecule has 128 valence electrons. The first-order valence-electron chi connectivity index (χ1n) is 8.46. The topological polar surface area (TPSA) is 47.7 Å². The highest BCUT2D eigenvalue weighted by atomic mass is 16.5. The lowest BCUT2D eigenvalue weighted by Crippen LogP contribution is -2.21. The Balaban J connectivity index is 1.81. The molecule has 0 amide bonds. The van der Waals surface area contributed by atoms with Crippen LogP contribution in [-0.4, -0.2) is 32.1 Å². The summed E-state index contributed by atoms with van der Waals surface area (Å²) in [7, 11) is 3.86. The molecule has 2 aromatic carbocycles. The lowest BCUT2D eigenvalue weighted by Gasteiger charge is -2.23. The second-order valence-corrected chi connectivity index (χ2v) is 6.45. The van der Waals surface area contributed by atoms with Gasteiger partial charge in [-0.15, -0.1) is 0 Å². The number of nitrogens with zero attached hydrogens (tertiary/aromatic N) is 1. The van der Waals surface area contributed by atoms with Crippen molar-refractivity contribution in [3.63, 3.8) is 0 Å². The number of ether oxygens (including phenoxy) is 2. The summed E-state index contributed by atoms with van der Waals surface area (Å²) in [4.78, 5) is 2.36. The van der Waals surface area contributed by atoms with Crippen molar-refractivity contribution in [3.8, 4) is 11.5 Å². The number of hydrogen-bond acceptors (Lipinski definition) is 4. The van der Waals surface area contributed by atoms with E-state index < -0.39 is 0 Å². The van der Waals surface area contributed by atoms with E-state index in [9.17, 15) is 0 Å². The highest BCUT2D eigenvalue weighted by Gasteiger charge is 2.32. The van der Waals surface area contributed by atoms with Crippen LogP contribution < -0.4 is 15.2 Å². The van der Waals surface area contributed by atoms with Crippen molar-refractivity contribution in [1.29, 1.82) is 0 Å². The van der Waals surface area contributed by atoms with Crippen molar-refractivity contribution in [1.82, 2.24) is 4.90 Å². The molecule has 2 N–H and O–H groups in total. The molecule has 0 saturated carbocycles. The van der Waals surface area contributed by atoms with E-state index in [1.165, 1.54) is 5.56 Å². The van der Waals surface area contributed by atoms with E-state index in [4.69, 9.17) is 15.2 Å². The summed E-state index contributed by atoms with van der Waals surface area (Å²) in [6, 6.07) is 16.7. The van der Waals surface area contributed by atoms with Crippen LogP contribution in [-0.2, 0) is 6.61 Å². The van der Waals surface area contributed by atoms with Crippen molar-refractivity contribution in [2.45, 2.75) is 19.1 Å². The molecule has 4 heteroatoms. The number of nitrogens with two attached hydrogens (primary N) is 1. The lowest BCUT2D eigenvalue weighted by molar-refractivity contribution is 0.271. The highest BCUT2D eigenvalue weighted by molar-refractivity contribution is 5.48. The zero-order chi connectivity index (χ0) is 16.9. The molecule has 0 radical (unpaired) electrons. The summed E-state index contributed by atoms with van der Waals surface area (Å²) in [6.45, 7) is 2.29. The molecule has 0 aromatic heterocycles. The maximum absolute atomic E-state index is 6.03. The summed E-state index contributed by atoms with van der Waals surface area (Å²) >= 11 is 0. The fraction of sp³-hybridized carbons (Fsp3) is 0.400. The first kappa shape index (κ1) is 16.8. The van der Waals surface area contributed by atoms with Crippen molar-refractivity contribution in [3.05, 3.63) is 59.7 Å². The average Bonchev–Trinajstić information content (AvgIpc) is 3.01. The Hall–Kier alpha value is -2.04. The van der Waals surface area contributed by atoms with Gasteiger partial charge in [0.25, 0.3) is 0 Å². The zero-order valence-corrected chi connectivity index (χ0v) is 14.4. The van der Waals surface area contributed by atoms with Gasteiger partial charge in [-0.2, -0.15) is 0 Å². The fourth-order valence-corrected chi connectivity index (χ4v) is 3.50. The molecule has 1 heterocycles. The minimum Gasteiger partial charge on any atom is -0.493 e. The van der Waals surface area contributed by atoms with Crippen LogP contribution in [0.1, 0.15) is 23.6 Å². The molecular formula is C20H26N2O2. The van der Waals surface area contributed by atoms with Crippen LogP contribution in [0.25, 0.3) is 0 Å². The lowest BCUT2D eigenvalue weighted by atomic mass is 9.99. The third-order valence-corrected chi connectivity index (χ3v) is 4.78. The summed E-state index contributed by atoms with van der Waals surface area (Å²) in [5.74, 6) is 2.17. The quantitative estimate of drug-likeness (QED) is 0.885. The minimum absolute atomic E-state index is 0.328. The van der Waals surface area contributed by atoms with Gasteiger partial charge in [-0.1, -0.05) is 42.5 Å². The first-order chi connectivity index (χ1) is 11.7. The third-order valence-electron chi connectivity index (χ3n) is 4.78. The van der Waals surface area contributed by atoms with Crippen LogP contribution in [0.4, 0.5) is 0 Å². The monoisotopic (exact) mass is 326 g/mol. The van der Waals surface area contributed by atoms with E-state index in [0.717, 1.165) is 36.6 Å². The SMILES string of the molecule is COc1c(OCc2ccccc2)cccc1C1CC(CN)CN1C. The number of methoxy groups -OCH3 is 1. The van der Waals surface area contributed by atoms with Gasteiger partial charge in [-0.05, 0) is 37.6 Å². The van der Waals surface area contributed by atoms with Crippen LogP contribution in [0.5, 0.6) is 11.5 Å². The van der Waals surface area contributed by atoms with Gasteiger partial charge >= 0.3 is 0 Å². The molecule has 24 heavy (non-hydrogen) atoms. The first-order valence-corrected chi connectivity index (χ1v) is 8.46. The summed E-state index contributed by atoms with van der Waals surface area (Å²) in [5.41, 5.74) is 8.19. The smallest absolute Gasteiger partial charge is 0.165 e. The standard InChI is InChI=1S/C20H26N2O2/c1-22-13-16(12-21)11-18(22)17-9-6-10-19(20(17)23-2)24-14-15-7-4-3-5-8-15/h3-10,16,18H,11-14,21H2,1-2H3. The van der Waals surface area contributed by atoms with Crippen molar-refractivity contribution in [2.75, 3.05) is 27.2 Å².